The zero-order valence-corrected chi connectivity index (χ0v) is 11.9. The highest BCUT2D eigenvalue weighted by molar-refractivity contribution is 8.13. The van der Waals surface area contributed by atoms with Crippen molar-refractivity contribution in [3.8, 4) is 11.6 Å². The average molecular weight is 290 g/mol. The van der Waals surface area contributed by atoms with E-state index >= 15 is 0 Å². The van der Waals surface area contributed by atoms with Gasteiger partial charge in [-0.15, -0.1) is 10.2 Å². The minimum absolute atomic E-state index is 0.0949. The molecule has 0 spiro atoms. The van der Waals surface area contributed by atoms with Crippen molar-refractivity contribution in [3.63, 3.8) is 0 Å². The molecule has 0 aliphatic carbocycles. The Morgan fingerprint density at radius 1 is 1.22 bits per heavy atom. The lowest BCUT2D eigenvalue weighted by molar-refractivity contribution is 0.528. The Balaban J connectivity index is 2.79. The standard InChI is InChI=1S/C10H12ClN3O3S/c1-5-8(10-13-12-7(3)17-10)14(4)6(2)9(5)18(11,15)16/h1-4H3. The molecule has 0 saturated heterocycles. The van der Waals surface area contributed by atoms with Crippen LogP contribution >= 0.6 is 10.7 Å². The smallest absolute Gasteiger partial charge is 0.264 e. The summed E-state index contributed by atoms with van der Waals surface area (Å²) >= 11 is 0. The van der Waals surface area contributed by atoms with Crippen molar-refractivity contribution in [1.82, 2.24) is 14.8 Å². The van der Waals surface area contributed by atoms with E-state index in [1.165, 1.54) is 0 Å². The van der Waals surface area contributed by atoms with Crippen LogP contribution in [0.15, 0.2) is 9.31 Å². The topological polar surface area (TPSA) is 78.0 Å². The Kier molecular flexibility index (Phi) is 2.98. The van der Waals surface area contributed by atoms with Crippen LogP contribution in [0.1, 0.15) is 17.1 Å². The van der Waals surface area contributed by atoms with Crippen molar-refractivity contribution >= 4 is 19.7 Å². The molecule has 6 nitrogen and oxygen atoms in total. The lowest BCUT2D eigenvalue weighted by Crippen LogP contribution is -1.97. The van der Waals surface area contributed by atoms with Crippen LogP contribution in [-0.4, -0.2) is 23.2 Å². The Morgan fingerprint density at radius 2 is 1.83 bits per heavy atom. The largest absolute Gasteiger partial charge is 0.420 e. The number of halogens is 1. The second kappa shape index (κ2) is 4.10. The van der Waals surface area contributed by atoms with E-state index in [2.05, 4.69) is 10.2 Å². The molecule has 0 unspecified atom stereocenters. The first-order valence-corrected chi connectivity index (χ1v) is 7.45. The van der Waals surface area contributed by atoms with Gasteiger partial charge in [0.25, 0.3) is 14.9 Å². The van der Waals surface area contributed by atoms with Gasteiger partial charge in [-0.05, 0) is 13.8 Å². The van der Waals surface area contributed by atoms with Crippen molar-refractivity contribution in [1.29, 1.82) is 0 Å². The predicted octanol–water partition coefficient (Wildman–Crippen LogP) is 1.93. The van der Waals surface area contributed by atoms with Gasteiger partial charge in [0.1, 0.15) is 10.6 Å². The first-order valence-electron chi connectivity index (χ1n) is 5.14. The van der Waals surface area contributed by atoms with E-state index in [1.807, 2.05) is 0 Å². The summed E-state index contributed by atoms with van der Waals surface area (Å²) in [7, 11) is 3.36. The zero-order chi connectivity index (χ0) is 13.7. The molecule has 0 saturated carbocycles. The third kappa shape index (κ3) is 1.93. The maximum atomic E-state index is 11.6. The van der Waals surface area contributed by atoms with E-state index in [0.717, 1.165) is 0 Å². The molecule has 8 heteroatoms. The SMILES string of the molecule is Cc1nnc(-c2c(C)c(S(=O)(=O)Cl)c(C)n2C)o1. The molecule has 2 heterocycles. The summed E-state index contributed by atoms with van der Waals surface area (Å²) in [6.45, 7) is 5.01. The van der Waals surface area contributed by atoms with E-state index < -0.39 is 9.05 Å². The molecule has 2 aromatic rings. The van der Waals surface area contributed by atoms with Crippen LogP contribution in [0.25, 0.3) is 11.6 Å². The number of aryl methyl sites for hydroxylation is 1. The lowest BCUT2D eigenvalue weighted by atomic mass is 10.2. The van der Waals surface area contributed by atoms with Crippen molar-refractivity contribution in [2.24, 2.45) is 7.05 Å². The molecule has 0 fully saturated rings. The summed E-state index contributed by atoms with van der Waals surface area (Å²) in [5.74, 6) is 0.695. The van der Waals surface area contributed by atoms with Crippen LogP contribution in [0.3, 0.4) is 0 Å². The molecule has 0 aromatic carbocycles. The van der Waals surface area contributed by atoms with Crippen molar-refractivity contribution in [3.05, 3.63) is 17.1 Å². The van der Waals surface area contributed by atoms with Gasteiger partial charge in [0.15, 0.2) is 0 Å². The molecular formula is C10H12ClN3O3S. The Morgan fingerprint density at radius 3 is 2.22 bits per heavy atom. The summed E-state index contributed by atoms with van der Waals surface area (Å²) in [5.41, 5.74) is 1.61. The van der Waals surface area contributed by atoms with Crippen LogP contribution in [-0.2, 0) is 16.1 Å². The first-order chi connectivity index (χ1) is 8.23. The van der Waals surface area contributed by atoms with Crippen LogP contribution in [0.5, 0.6) is 0 Å². The van der Waals surface area contributed by atoms with Crippen LogP contribution in [0, 0.1) is 20.8 Å². The maximum absolute atomic E-state index is 11.6. The third-order valence-electron chi connectivity index (χ3n) is 2.84. The van der Waals surface area contributed by atoms with Gasteiger partial charge in [0.05, 0.1) is 0 Å². The van der Waals surface area contributed by atoms with Gasteiger partial charge in [-0.2, -0.15) is 0 Å². The number of hydrogen-bond donors (Lipinski definition) is 0. The summed E-state index contributed by atoms with van der Waals surface area (Å²) in [6.07, 6.45) is 0. The van der Waals surface area contributed by atoms with Crippen molar-refractivity contribution < 1.29 is 12.8 Å². The van der Waals surface area contributed by atoms with Crippen LogP contribution < -0.4 is 0 Å². The fraction of sp³-hybridized carbons (Fsp3) is 0.400. The molecular weight excluding hydrogens is 278 g/mol. The summed E-state index contributed by atoms with van der Waals surface area (Å²) < 4.78 is 30.1. The number of aromatic nitrogens is 3. The van der Waals surface area contributed by atoms with E-state index in [-0.39, 0.29) is 10.8 Å². The molecule has 98 valence electrons. The molecule has 0 amide bonds. The van der Waals surface area contributed by atoms with E-state index in [0.29, 0.717) is 22.8 Å². The summed E-state index contributed by atoms with van der Waals surface area (Å²) in [6, 6.07) is 0. The molecule has 0 aliphatic heterocycles. The highest BCUT2D eigenvalue weighted by atomic mass is 35.7. The van der Waals surface area contributed by atoms with Gasteiger partial charge in [-0.25, -0.2) is 8.42 Å². The molecule has 18 heavy (non-hydrogen) atoms. The minimum Gasteiger partial charge on any atom is -0.420 e. The second-order valence-corrected chi connectivity index (χ2v) is 6.51. The molecule has 0 bridgehead atoms. The normalized spacial score (nSPS) is 12.1. The molecule has 0 atom stereocenters. The molecule has 2 rings (SSSR count). The van der Waals surface area contributed by atoms with Gasteiger partial charge >= 0.3 is 0 Å². The molecule has 2 aromatic heterocycles. The zero-order valence-electron chi connectivity index (χ0n) is 10.4. The lowest BCUT2D eigenvalue weighted by Gasteiger charge is -2.00. The maximum Gasteiger partial charge on any atom is 0.264 e. The van der Waals surface area contributed by atoms with Gasteiger partial charge in [-0.1, -0.05) is 0 Å². The Bertz CT molecular complexity index is 715. The monoisotopic (exact) mass is 289 g/mol. The fourth-order valence-electron chi connectivity index (χ4n) is 2.01. The number of nitrogens with zero attached hydrogens (tertiary/aromatic N) is 3. The average Bonchev–Trinajstić information content (AvgIpc) is 2.70. The molecule has 0 aliphatic rings. The third-order valence-corrected chi connectivity index (χ3v) is 4.39. The number of rotatable bonds is 2. The minimum atomic E-state index is -3.81. The highest BCUT2D eigenvalue weighted by Crippen LogP contribution is 2.33. The van der Waals surface area contributed by atoms with Gasteiger partial charge < -0.3 is 8.98 Å². The van der Waals surface area contributed by atoms with Crippen LogP contribution in [0.4, 0.5) is 0 Å². The number of hydrogen-bond acceptors (Lipinski definition) is 5. The van der Waals surface area contributed by atoms with E-state index in [4.69, 9.17) is 15.1 Å². The van der Waals surface area contributed by atoms with Crippen LogP contribution in [0.2, 0.25) is 0 Å². The quantitative estimate of drug-likeness (QED) is 0.789. The Hall–Kier alpha value is -1.34. The molecule has 0 radical (unpaired) electrons. The summed E-state index contributed by atoms with van der Waals surface area (Å²) in [5, 5.41) is 7.63. The predicted molar refractivity (Wildman–Crippen MR) is 66.0 cm³/mol. The second-order valence-electron chi connectivity index (χ2n) is 4.01. The van der Waals surface area contributed by atoms with E-state index in [1.54, 1.807) is 32.4 Å². The summed E-state index contributed by atoms with van der Waals surface area (Å²) in [4.78, 5) is 0.0949. The van der Waals surface area contributed by atoms with Gasteiger partial charge in [0, 0.05) is 35.9 Å². The molecule has 0 N–H and O–H groups in total. The fourth-order valence-corrected chi connectivity index (χ4v) is 3.64. The van der Waals surface area contributed by atoms with Crippen molar-refractivity contribution in [2.45, 2.75) is 25.7 Å². The van der Waals surface area contributed by atoms with Crippen molar-refractivity contribution in [2.75, 3.05) is 0 Å². The van der Waals surface area contributed by atoms with Gasteiger partial charge in [0.2, 0.25) is 5.89 Å². The Labute approximate surface area is 109 Å². The van der Waals surface area contributed by atoms with Gasteiger partial charge in [-0.3, -0.25) is 0 Å². The first kappa shape index (κ1) is 13.1. The highest BCUT2D eigenvalue weighted by Gasteiger charge is 2.27. The van der Waals surface area contributed by atoms with E-state index in [9.17, 15) is 8.42 Å².